The van der Waals surface area contributed by atoms with Crippen LogP contribution in [-0.4, -0.2) is 26.4 Å². The lowest BCUT2D eigenvalue weighted by Gasteiger charge is -2.25. The Labute approximate surface area is 148 Å². The van der Waals surface area contributed by atoms with E-state index in [1.54, 1.807) is 6.92 Å². The molecule has 0 spiro atoms. The lowest BCUT2D eigenvalue weighted by atomic mass is 9.81. The number of hydrogen-bond donors (Lipinski definition) is 0. The molecule has 0 aromatic rings. The van der Waals surface area contributed by atoms with E-state index in [9.17, 15) is 9.59 Å². The standard InChI is InChI=1S/C20H34O3Si/c1-6-8-9-10-12-17(24(3,4)5)14-16-20(19(22)23-7-2)15-11-13-18(20)21/h10,12,14H,6-9,11,13,15-16H2,1-5H3/b12-10+,17-14+. The number of ether oxygens (including phenoxy) is 1. The van der Waals surface area contributed by atoms with Gasteiger partial charge in [-0.2, -0.15) is 0 Å². The van der Waals surface area contributed by atoms with Crippen LogP contribution in [0.2, 0.25) is 19.6 Å². The van der Waals surface area contributed by atoms with Crippen molar-refractivity contribution in [3.05, 3.63) is 23.4 Å². The summed E-state index contributed by atoms with van der Waals surface area (Å²) in [5, 5.41) is 1.32. The molecule has 1 saturated carbocycles. The van der Waals surface area contributed by atoms with Crippen LogP contribution in [-0.2, 0) is 14.3 Å². The number of allylic oxidation sites excluding steroid dienone is 4. The van der Waals surface area contributed by atoms with Crippen LogP contribution in [0.3, 0.4) is 0 Å². The molecule has 136 valence electrons. The number of hydrogen-bond acceptors (Lipinski definition) is 3. The fourth-order valence-electron chi connectivity index (χ4n) is 3.15. The molecular weight excluding hydrogens is 316 g/mol. The second-order valence-corrected chi connectivity index (χ2v) is 12.8. The van der Waals surface area contributed by atoms with E-state index in [4.69, 9.17) is 4.74 Å². The van der Waals surface area contributed by atoms with Crippen LogP contribution in [0, 0.1) is 5.41 Å². The number of unbranched alkanes of at least 4 members (excludes halogenated alkanes) is 2. The Hall–Kier alpha value is -1.16. The fraction of sp³-hybridized carbons (Fsp3) is 0.700. The molecule has 0 aromatic carbocycles. The predicted molar refractivity (Wildman–Crippen MR) is 103 cm³/mol. The van der Waals surface area contributed by atoms with E-state index in [-0.39, 0.29) is 11.8 Å². The summed E-state index contributed by atoms with van der Waals surface area (Å²) in [6.07, 6.45) is 12.5. The van der Waals surface area contributed by atoms with E-state index in [0.29, 0.717) is 25.9 Å². The normalized spacial score (nSPS) is 22.4. The van der Waals surface area contributed by atoms with Gasteiger partial charge in [-0.25, -0.2) is 0 Å². The molecule has 0 radical (unpaired) electrons. The highest BCUT2D eigenvalue weighted by atomic mass is 28.3. The molecule has 0 N–H and O–H groups in total. The van der Waals surface area contributed by atoms with Crippen molar-refractivity contribution in [3.8, 4) is 0 Å². The first kappa shape index (κ1) is 20.9. The van der Waals surface area contributed by atoms with Crippen LogP contribution in [0.5, 0.6) is 0 Å². The molecule has 0 saturated heterocycles. The van der Waals surface area contributed by atoms with Crippen molar-refractivity contribution in [3.63, 3.8) is 0 Å². The van der Waals surface area contributed by atoms with Crippen molar-refractivity contribution in [1.29, 1.82) is 0 Å². The zero-order chi connectivity index (χ0) is 18.2. The summed E-state index contributed by atoms with van der Waals surface area (Å²) in [7, 11) is -1.52. The van der Waals surface area contributed by atoms with Crippen molar-refractivity contribution in [2.75, 3.05) is 6.61 Å². The number of carbonyl (C=O) groups is 2. The minimum atomic E-state index is -1.52. The highest BCUT2D eigenvalue weighted by molar-refractivity contribution is 6.83. The Balaban J connectivity index is 3.01. The summed E-state index contributed by atoms with van der Waals surface area (Å²) in [5.74, 6) is -0.268. The monoisotopic (exact) mass is 350 g/mol. The van der Waals surface area contributed by atoms with Crippen LogP contribution in [0.4, 0.5) is 0 Å². The summed E-state index contributed by atoms with van der Waals surface area (Å²) in [6, 6.07) is 0. The van der Waals surface area contributed by atoms with E-state index in [0.717, 1.165) is 12.8 Å². The molecule has 0 bridgehead atoms. The van der Waals surface area contributed by atoms with Gasteiger partial charge in [0.2, 0.25) is 0 Å². The van der Waals surface area contributed by atoms with Crippen molar-refractivity contribution in [2.24, 2.45) is 5.41 Å². The fourth-order valence-corrected chi connectivity index (χ4v) is 4.49. The number of carbonyl (C=O) groups excluding carboxylic acids is 2. The maximum atomic E-state index is 12.5. The zero-order valence-corrected chi connectivity index (χ0v) is 17.1. The predicted octanol–water partition coefficient (Wildman–Crippen LogP) is 5.23. The minimum Gasteiger partial charge on any atom is -0.465 e. The minimum absolute atomic E-state index is 0.0575. The first-order chi connectivity index (χ1) is 11.3. The SMILES string of the molecule is CCCC/C=C/C(=C\CC1(C(=O)OCC)CCCC1=O)[Si](C)(C)C. The maximum absolute atomic E-state index is 12.5. The Bertz CT molecular complexity index is 500. The summed E-state index contributed by atoms with van der Waals surface area (Å²) in [6.45, 7) is 11.2. The quantitative estimate of drug-likeness (QED) is 0.188. The Morgan fingerprint density at radius 1 is 1.29 bits per heavy atom. The van der Waals surface area contributed by atoms with Gasteiger partial charge in [0, 0.05) is 6.42 Å². The summed E-state index contributed by atoms with van der Waals surface area (Å²) < 4.78 is 5.23. The van der Waals surface area contributed by atoms with Crippen molar-refractivity contribution in [1.82, 2.24) is 0 Å². The van der Waals surface area contributed by atoms with Gasteiger partial charge in [0.25, 0.3) is 0 Å². The van der Waals surface area contributed by atoms with Crippen molar-refractivity contribution in [2.45, 2.75) is 78.4 Å². The Morgan fingerprint density at radius 3 is 2.50 bits per heavy atom. The van der Waals surface area contributed by atoms with Gasteiger partial charge in [-0.05, 0) is 32.6 Å². The Kier molecular flexibility index (Phi) is 8.14. The topological polar surface area (TPSA) is 43.4 Å². The first-order valence-corrected chi connectivity index (χ1v) is 12.9. The molecule has 0 heterocycles. The maximum Gasteiger partial charge on any atom is 0.319 e. The molecule has 1 atom stereocenters. The molecule has 4 heteroatoms. The smallest absolute Gasteiger partial charge is 0.319 e. The van der Waals surface area contributed by atoms with Crippen LogP contribution >= 0.6 is 0 Å². The van der Waals surface area contributed by atoms with E-state index in [2.05, 4.69) is 44.8 Å². The van der Waals surface area contributed by atoms with Gasteiger partial charge >= 0.3 is 5.97 Å². The average Bonchev–Trinajstić information content (AvgIpc) is 2.87. The van der Waals surface area contributed by atoms with Crippen LogP contribution in [0.15, 0.2) is 23.4 Å². The molecule has 24 heavy (non-hydrogen) atoms. The Morgan fingerprint density at radius 2 is 2.00 bits per heavy atom. The summed E-state index contributed by atoms with van der Waals surface area (Å²) in [4.78, 5) is 24.9. The van der Waals surface area contributed by atoms with Gasteiger partial charge < -0.3 is 4.74 Å². The number of Topliss-reactive ketones (excluding diaryl/α,β-unsaturated/α-hetero) is 1. The van der Waals surface area contributed by atoms with Crippen molar-refractivity contribution < 1.29 is 14.3 Å². The number of esters is 1. The second-order valence-electron chi connectivity index (χ2n) is 7.74. The highest BCUT2D eigenvalue weighted by Gasteiger charge is 2.49. The molecule has 0 aromatic heterocycles. The van der Waals surface area contributed by atoms with E-state index < -0.39 is 13.5 Å². The third-order valence-corrected chi connectivity index (χ3v) is 6.87. The number of ketones is 1. The first-order valence-electron chi connectivity index (χ1n) is 9.35. The molecule has 1 rings (SSSR count). The molecule has 3 nitrogen and oxygen atoms in total. The van der Waals surface area contributed by atoms with Gasteiger partial charge in [-0.3, -0.25) is 9.59 Å². The molecule has 0 amide bonds. The molecular formula is C20H34O3Si. The third-order valence-electron chi connectivity index (χ3n) is 4.77. The molecule has 1 aliphatic carbocycles. The second kappa shape index (κ2) is 9.35. The lowest BCUT2D eigenvalue weighted by molar-refractivity contribution is -0.158. The molecule has 0 aliphatic heterocycles. The van der Waals surface area contributed by atoms with Gasteiger partial charge in [0.05, 0.1) is 14.7 Å². The lowest BCUT2D eigenvalue weighted by Crippen LogP contribution is -2.37. The van der Waals surface area contributed by atoms with Gasteiger partial charge in [-0.1, -0.05) is 62.8 Å². The summed E-state index contributed by atoms with van der Waals surface area (Å²) >= 11 is 0. The highest BCUT2D eigenvalue weighted by Crippen LogP contribution is 2.40. The van der Waals surface area contributed by atoms with E-state index in [1.807, 2.05) is 0 Å². The average molecular weight is 351 g/mol. The van der Waals surface area contributed by atoms with E-state index in [1.165, 1.54) is 18.0 Å². The molecule has 1 fully saturated rings. The van der Waals surface area contributed by atoms with Gasteiger partial charge in [0.15, 0.2) is 5.78 Å². The van der Waals surface area contributed by atoms with Crippen LogP contribution in [0.25, 0.3) is 0 Å². The molecule has 1 aliphatic rings. The van der Waals surface area contributed by atoms with Crippen LogP contribution in [0.1, 0.15) is 58.8 Å². The summed E-state index contributed by atoms with van der Waals surface area (Å²) in [5.41, 5.74) is -0.932. The van der Waals surface area contributed by atoms with Gasteiger partial charge in [-0.15, -0.1) is 0 Å². The zero-order valence-electron chi connectivity index (χ0n) is 16.1. The van der Waals surface area contributed by atoms with E-state index >= 15 is 0 Å². The molecule has 1 unspecified atom stereocenters. The van der Waals surface area contributed by atoms with Crippen molar-refractivity contribution >= 4 is 19.8 Å². The largest absolute Gasteiger partial charge is 0.465 e. The van der Waals surface area contributed by atoms with Gasteiger partial charge in [0.1, 0.15) is 5.41 Å². The third kappa shape index (κ3) is 5.44. The number of rotatable bonds is 9. The van der Waals surface area contributed by atoms with Crippen LogP contribution < -0.4 is 0 Å².